The third-order valence-electron chi connectivity index (χ3n) is 6.30. The van der Waals surface area contributed by atoms with Crippen LogP contribution in [0.5, 0.6) is 5.75 Å². The van der Waals surface area contributed by atoms with Gasteiger partial charge >= 0.3 is 0 Å². The Morgan fingerprint density at radius 2 is 1.23 bits per heavy atom. The van der Waals surface area contributed by atoms with Gasteiger partial charge in [-0.25, -0.2) is 0 Å². The molecule has 0 aromatic heterocycles. The summed E-state index contributed by atoms with van der Waals surface area (Å²) in [4.78, 5) is 0. The van der Waals surface area contributed by atoms with E-state index in [9.17, 15) is 5.11 Å². The first-order valence-electron chi connectivity index (χ1n) is 12.9. The van der Waals surface area contributed by atoms with Crippen molar-refractivity contribution < 1.29 is 19.3 Å². The summed E-state index contributed by atoms with van der Waals surface area (Å²) in [7, 11) is 1.66. The van der Waals surface area contributed by atoms with Gasteiger partial charge in [-0.1, -0.05) is 112 Å². The lowest BCUT2D eigenvalue weighted by Gasteiger charge is -2.36. The monoisotopic (exact) mass is 476 g/mol. The number of aliphatic hydroxyl groups is 1. The number of hydrogen-bond donors (Lipinski definition) is 1. The SMILES string of the molecule is CCCCCCCCOC[C@H](O)COC(c1ccccc1)(c1ccccc1)c1ccc(OC)cc1. The molecule has 1 atom stereocenters. The normalized spacial score (nSPS) is 12.4. The van der Waals surface area contributed by atoms with E-state index in [1.165, 1.54) is 32.1 Å². The molecule has 0 unspecified atom stereocenters. The Balaban J connectivity index is 1.75. The van der Waals surface area contributed by atoms with Gasteiger partial charge in [0.1, 0.15) is 17.5 Å². The molecule has 0 saturated heterocycles. The number of ether oxygens (including phenoxy) is 3. The molecule has 3 aromatic carbocycles. The lowest BCUT2D eigenvalue weighted by molar-refractivity contribution is -0.0641. The number of benzene rings is 3. The summed E-state index contributed by atoms with van der Waals surface area (Å²) in [6.45, 7) is 3.30. The molecule has 0 aliphatic carbocycles. The van der Waals surface area contributed by atoms with Crippen molar-refractivity contribution in [2.24, 2.45) is 0 Å². The molecule has 0 bridgehead atoms. The molecule has 1 N–H and O–H groups in total. The molecule has 0 radical (unpaired) electrons. The number of aliphatic hydroxyl groups excluding tert-OH is 1. The zero-order chi connectivity index (χ0) is 24.8. The molecular formula is C31H40O4. The topological polar surface area (TPSA) is 47.9 Å². The van der Waals surface area contributed by atoms with E-state index in [-0.39, 0.29) is 13.2 Å². The van der Waals surface area contributed by atoms with E-state index < -0.39 is 11.7 Å². The second kappa shape index (κ2) is 14.7. The summed E-state index contributed by atoms with van der Waals surface area (Å²) in [6.07, 6.45) is 6.58. The molecule has 0 saturated carbocycles. The van der Waals surface area contributed by atoms with Crippen molar-refractivity contribution in [3.05, 3.63) is 102 Å². The first kappa shape index (κ1) is 26.9. The third kappa shape index (κ3) is 7.66. The Kier molecular flexibility index (Phi) is 11.3. The van der Waals surface area contributed by atoms with Gasteiger partial charge in [-0.05, 0) is 35.2 Å². The van der Waals surface area contributed by atoms with Crippen molar-refractivity contribution in [3.63, 3.8) is 0 Å². The summed E-state index contributed by atoms with van der Waals surface area (Å²) in [5, 5.41) is 10.7. The van der Waals surface area contributed by atoms with Crippen LogP contribution < -0.4 is 4.74 Å². The van der Waals surface area contributed by atoms with E-state index in [0.717, 1.165) is 28.9 Å². The number of rotatable bonds is 16. The van der Waals surface area contributed by atoms with Crippen LogP contribution in [0.25, 0.3) is 0 Å². The second-order valence-corrected chi connectivity index (χ2v) is 8.95. The highest BCUT2D eigenvalue weighted by Gasteiger charge is 2.38. The van der Waals surface area contributed by atoms with Gasteiger partial charge in [0, 0.05) is 6.61 Å². The van der Waals surface area contributed by atoms with E-state index in [2.05, 4.69) is 31.2 Å². The Hall–Kier alpha value is -2.66. The molecule has 4 heteroatoms. The van der Waals surface area contributed by atoms with Gasteiger partial charge in [0.2, 0.25) is 0 Å². The lowest BCUT2D eigenvalue weighted by atomic mass is 9.80. The van der Waals surface area contributed by atoms with Gasteiger partial charge < -0.3 is 19.3 Å². The minimum Gasteiger partial charge on any atom is -0.497 e. The van der Waals surface area contributed by atoms with Gasteiger partial charge in [-0.3, -0.25) is 0 Å². The summed E-state index contributed by atoms with van der Waals surface area (Å²) in [6, 6.07) is 28.3. The third-order valence-corrected chi connectivity index (χ3v) is 6.30. The molecule has 0 aliphatic heterocycles. The zero-order valence-electron chi connectivity index (χ0n) is 21.2. The molecule has 3 rings (SSSR count). The highest BCUT2D eigenvalue weighted by atomic mass is 16.5. The fourth-order valence-electron chi connectivity index (χ4n) is 4.39. The minimum atomic E-state index is -0.880. The van der Waals surface area contributed by atoms with Crippen molar-refractivity contribution in [1.82, 2.24) is 0 Å². The van der Waals surface area contributed by atoms with Crippen LogP contribution >= 0.6 is 0 Å². The van der Waals surface area contributed by atoms with Crippen LogP contribution in [-0.2, 0) is 15.1 Å². The Bertz CT molecular complexity index is 901. The summed E-state index contributed by atoms with van der Waals surface area (Å²) < 4.78 is 17.8. The van der Waals surface area contributed by atoms with Crippen LogP contribution in [-0.4, -0.2) is 38.1 Å². The summed E-state index contributed by atoms with van der Waals surface area (Å²) in [5.41, 5.74) is 2.08. The zero-order valence-corrected chi connectivity index (χ0v) is 21.2. The molecule has 3 aromatic rings. The van der Waals surface area contributed by atoms with E-state index in [0.29, 0.717) is 6.61 Å². The minimum absolute atomic E-state index is 0.145. The van der Waals surface area contributed by atoms with Gasteiger partial charge in [0.15, 0.2) is 0 Å². The van der Waals surface area contributed by atoms with E-state index in [1.54, 1.807) is 7.11 Å². The Morgan fingerprint density at radius 3 is 1.80 bits per heavy atom. The molecule has 0 fully saturated rings. The Morgan fingerprint density at radius 1 is 0.686 bits per heavy atom. The average molecular weight is 477 g/mol. The van der Waals surface area contributed by atoms with Crippen molar-refractivity contribution >= 4 is 0 Å². The number of hydrogen-bond acceptors (Lipinski definition) is 4. The van der Waals surface area contributed by atoms with Crippen molar-refractivity contribution in [3.8, 4) is 5.75 Å². The van der Waals surface area contributed by atoms with Crippen LogP contribution in [0, 0.1) is 0 Å². The largest absolute Gasteiger partial charge is 0.497 e. The standard InChI is InChI=1S/C31H40O4/c1-3-4-5-6-7-14-23-34-24-29(32)25-35-31(26-15-10-8-11-16-26,27-17-12-9-13-18-27)28-19-21-30(33-2)22-20-28/h8-13,15-22,29,32H,3-7,14,23-25H2,1-2H3/t29-/m0/s1. The molecule has 188 valence electrons. The van der Waals surface area contributed by atoms with E-state index in [4.69, 9.17) is 14.2 Å². The molecule has 0 heterocycles. The first-order valence-corrected chi connectivity index (χ1v) is 12.9. The fourth-order valence-corrected chi connectivity index (χ4v) is 4.39. The van der Waals surface area contributed by atoms with Crippen LogP contribution in [0.2, 0.25) is 0 Å². The van der Waals surface area contributed by atoms with Gasteiger partial charge in [-0.2, -0.15) is 0 Å². The summed E-state index contributed by atoms with van der Waals surface area (Å²) >= 11 is 0. The van der Waals surface area contributed by atoms with Crippen molar-refractivity contribution in [2.45, 2.75) is 57.2 Å². The maximum absolute atomic E-state index is 10.7. The lowest BCUT2D eigenvalue weighted by Crippen LogP contribution is -2.36. The van der Waals surface area contributed by atoms with Gasteiger partial charge in [0.05, 0.1) is 20.3 Å². The second-order valence-electron chi connectivity index (χ2n) is 8.95. The van der Waals surface area contributed by atoms with Crippen LogP contribution in [0.15, 0.2) is 84.9 Å². The highest BCUT2D eigenvalue weighted by Crippen LogP contribution is 2.41. The quantitative estimate of drug-likeness (QED) is 0.184. The predicted octanol–water partition coefficient (Wildman–Crippen LogP) is 6.74. The smallest absolute Gasteiger partial charge is 0.143 e. The van der Waals surface area contributed by atoms with Crippen LogP contribution in [0.3, 0.4) is 0 Å². The van der Waals surface area contributed by atoms with Gasteiger partial charge in [-0.15, -0.1) is 0 Å². The fraction of sp³-hybridized carbons (Fsp3) is 0.419. The number of methoxy groups -OCH3 is 1. The Labute approximate surface area is 210 Å². The molecule has 0 spiro atoms. The van der Waals surface area contributed by atoms with Crippen LogP contribution in [0.4, 0.5) is 0 Å². The number of unbranched alkanes of at least 4 members (excludes halogenated alkanes) is 5. The highest BCUT2D eigenvalue weighted by molar-refractivity contribution is 5.48. The van der Waals surface area contributed by atoms with E-state index >= 15 is 0 Å². The van der Waals surface area contributed by atoms with Crippen molar-refractivity contribution in [1.29, 1.82) is 0 Å². The summed E-state index contributed by atoms with van der Waals surface area (Å²) in [5.74, 6) is 0.784. The average Bonchev–Trinajstić information content (AvgIpc) is 2.92. The van der Waals surface area contributed by atoms with Crippen molar-refractivity contribution in [2.75, 3.05) is 26.9 Å². The molecule has 4 nitrogen and oxygen atoms in total. The molecule has 0 aliphatic rings. The maximum atomic E-state index is 10.7. The van der Waals surface area contributed by atoms with Gasteiger partial charge in [0.25, 0.3) is 0 Å². The van der Waals surface area contributed by atoms with Crippen LogP contribution in [0.1, 0.15) is 62.1 Å². The predicted molar refractivity (Wildman–Crippen MR) is 142 cm³/mol. The first-order chi connectivity index (χ1) is 17.2. The maximum Gasteiger partial charge on any atom is 0.143 e. The van der Waals surface area contributed by atoms with E-state index in [1.807, 2.05) is 60.7 Å². The molecular weight excluding hydrogens is 436 g/mol. The molecule has 0 amide bonds. The molecule has 35 heavy (non-hydrogen) atoms.